The van der Waals surface area contributed by atoms with Crippen molar-refractivity contribution >= 4 is 27.8 Å². The lowest BCUT2D eigenvalue weighted by atomic mass is 10.1. The summed E-state index contributed by atoms with van der Waals surface area (Å²) in [6.07, 6.45) is 2.95. The molecule has 0 unspecified atom stereocenters. The van der Waals surface area contributed by atoms with Crippen molar-refractivity contribution in [3.8, 4) is 11.5 Å². The highest BCUT2D eigenvalue weighted by molar-refractivity contribution is 9.10. The number of carbonyl (C=O) groups excluding carboxylic acids is 1. The summed E-state index contributed by atoms with van der Waals surface area (Å²) in [5.41, 5.74) is 0.784. The van der Waals surface area contributed by atoms with Gasteiger partial charge in [-0.3, -0.25) is 4.79 Å². The SMILES string of the molecule is CCOc1cc(/C=C/C(=O)c2ccccc2F)cc(Br)c1OC. The van der Waals surface area contributed by atoms with Gasteiger partial charge in [0.05, 0.1) is 23.8 Å². The summed E-state index contributed by atoms with van der Waals surface area (Å²) in [6, 6.07) is 9.45. The van der Waals surface area contributed by atoms with Crippen LogP contribution in [0.3, 0.4) is 0 Å². The highest BCUT2D eigenvalue weighted by Gasteiger charge is 2.11. The lowest BCUT2D eigenvalue weighted by Crippen LogP contribution is -1.98. The van der Waals surface area contributed by atoms with Crippen LogP contribution in [0.25, 0.3) is 6.08 Å². The Hall–Kier alpha value is -2.14. The van der Waals surface area contributed by atoms with Gasteiger partial charge in [0, 0.05) is 0 Å². The van der Waals surface area contributed by atoms with Crippen molar-refractivity contribution in [2.45, 2.75) is 6.92 Å². The minimum atomic E-state index is -0.534. The van der Waals surface area contributed by atoms with Crippen molar-refractivity contribution in [1.29, 1.82) is 0 Å². The lowest BCUT2D eigenvalue weighted by molar-refractivity contribution is 0.104. The van der Waals surface area contributed by atoms with E-state index in [4.69, 9.17) is 9.47 Å². The largest absolute Gasteiger partial charge is 0.492 e. The van der Waals surface area contributed by atoms with Crippen molar-refractivity contribution in [2.75, 3.05) is 13.7 Å². The maximum Gasteiger partial charge on any atom is 0.188 e. The minimum Gasteiger partial charge on any atom is -0.492 e. The summed E-state index contributed by atoms with van der Waals surface area (Å²) in [5.74, 6) is 0.230. The van der Waals surface area contributed by atoms with E-state index in [1.54, 1.807) is 37.5 Å². The van der Waals surface area contributed by atoms with Crippen LogP contribution in [0.15, 0.2) is 46.9 Å². The highest BCUT2D eigenvalue weighted by Crippen LogP contribution is 2.36. The molecule has 0 saturated carbocycles. The maximum atomic E-state index is 13.6. The second kappa shape index (κ2) is 7.92. The number of ether oxygens (including phenoxy) is 2. The predicted molar refractivity (Wildman–Crippen MR) is 91.6 cm³/mol. The third-order valence-electron chi connectivity index (χ3n) is 3.10. The second-order valence-corrected chi connectivity index (χ2v) is 5.50. The predicted octanol–water partition coefficient (Wildman–Crippen LogP) is 4.89. The zero-order valence-electron chi connectivity index (χ0n) is 12.8. The third-order valence-corrected chi connectivity index (χ3v) is 3.69. The molecular weight excluding hydrogens is 363 g/mol. The van der Waals surface area contributed by atoms with Crippen LogP contribution >= 0.6 is 15.9 Å². The normalized spacial score (nSPS) is 10.8. The number of benzene rings is 2. The smallest absolute Gasteiger partial charge is 0.188 e. The van der Waals surface area contributed by atoms with E-state index in [1.807, 2.05) is 6.92 Å². The van der Waals surface area contributed by atoms with E-state index < -0.39 is 11.6 Å². The first-order chi connectivity index (χ1) is 11.1. The van der Waals surface area contributed by atoms with Gasteiger partial charge in [-0.05, 0) is 58.8 Å². The fourth-order valence-corrected chi connectivity index (χ4v) is 2.69. The quantitative estimate of drug-likeness (QED) is 0.530. The van der Waals surface area contributed by atoms with Gasteiger partial charge in [-0.2, -0.15) is 0 Å². The molecule has 0 saturated heterocycles. The van der Waals surface area contributed by atoms with Crippen molar-refractivity contribution in [2.24, 2.45) is 0 Å². The Morgan fingerprint density at radius 2 is 2.04 bits per heavy atom. The van der Waals surface area contributed by atoms with Crippen LogP contribution < -0.4 is 9.47 Å². The van der Waals surface area contributed by atoms with E-state index in [0.717, 1.165) is 5.56 Å². The minimum absolute atomic E-state index is 0.0429. The molecule has 0 amide bonds. The van der Waals surface area contributed by atoms with E-state index >= 15 is 0 Å². The van der Waals surface area contributed by atoms with Gasteiger partial charge in [0.25, 0.3) is 0 Å². The molecule has 0 spiro atoms. The Kier molecular flexibility index (Phi) is 5.93. The first-order valence-corrected chi connectivity index (χ1v) is 7.83. The van der Waals surface area contributed by atoms with Crippen molar-refractivity contribution in [1.82, 2.24) is 0 Å². The van der Waals surface area contributed by atoms with Gasteiger partial charge < -0.3 is 9.47 Å². The van der Waals surface area contributed by atoms with Gasteiger partial charge in [-0.25, -0.2) is 4.39 Å². The standard InChI is InChI=1S/C18H16BrFO3/c1-3-23-17-11-12(10-14(19)18(17)22-2)8-9-16(21)13-6-4-5-7-15(13)20/h4-11H,3H2,1-2H3/b9-8+. The molecule has 0 atom stereocenters. The van der Waals surface area contributed by atoms with E-state index in [9.17, 15) is 9.18 Å². The first kappa shape index (κ1) is 17.2. The monoisotopic (exact) mass is 378 g/mol. The first-order valence-electron chi connectivity index (χ1n) is 7.04. The molecular formula is C18H16BrFO3. The third kappa shape index (κ3) is 4.20. The highest BCUT2D eigenvalue weighted by atomic mass is 79.9. The number of allylic oxidation sites excluding steroid dienone is 1. The van der Waals surface area contributed by atoms with Crippen LogP contribution in [-0.4, -0.2) is 19.5 Å². The molecule has 0 bridgehead atoms. The van der Waals surface area contributed by atoms with Crippen LogP contribution in [0.1, 0.15) is 22.8 Å². The lowest BCUT2D eigenvalue weighted by Gasteiger charge is -2.12. The van der Waals surface area contributed by atoms with Crippen LogP contribution in [0.4, 0.5) is 4.39 Å². The summed E-state index contributed by atoms with van der Waals surface area (Å²) in [6.45, 7) is 2.36. The van der Waals surface area contributed by atoms with Crippen LogP contribution in [0.2, 0.25) is 0 Å². The zero-order valence-corrected chi connectivity index (χ0v) is 14.4. The summed E-state index contributed by atoms with van der Waals surface area (Å²) in [4.78, 5) is 12.1. The fraction of sp³-hybridized carbons (Fsp3) is 0.167. The molecule has 0 radical (unpaired) electrons. The molecule has 0 aliphatic heterocycles. The Morgan fingerprint density at radius 3 is 2.70 bits per heavy atom. The van der Waals surface area contributed by atoms with Crippen molar-refractivity contribution < 1.29 is 18.7 Å². The van der Waals surface area contributed by atoms with E-state index in [-0.39, 0.29) is 5.56 Å². The van der Waals surface area contributed by atoms with Gasteiger partial charge in [0.15, 0.2) is 17.3 Å². The number of halogens is 2. The zero-order chi connectivity index (χ0) is 16.8. The molecule has 5 heteroatoms. The van der Waals surface area contributed by atoms with Crippen LogP contribution in [0.5, 0.6) is 11.5 Å². The number of methoxy groups -OCH3 is 1. The van der Waals surface area contributed by atoms with Gasteiger partial charge in [0.2, 0.25) is 0 Å². The van der Waals surface area contributed by atoms with Crippen LogP contribution in [0, 0.1) is 5.82 Å². The summed E-state index contributed by atoms with van der Waals surface area (Å²) >= 11 is 3.41. The van der Waals surface area contributed by atoms with Crippen molar-refractivity contribution in [3.63, 3.8) is 0 Å². The molecule has 2 aromatic rings. The Balaban J connectivity index is 2.29. The molecule has 3 nitrogen and oxygen atoms in total. The average molecular weight is 379 g/mol. The van der Waals surface area contributed by atoms with E-state index in [1.165, 1.54) is 18.2 Å². The Bertz CT molecular complexity index is 741. The topological polar surface area (TPSA) is 35.5 Å². The molecule has 120 valence electrons. The van der Waals surface area contributed by atoms with Crippen molar-refractivity contribution in [3.05, 3.63) is 63.9 Å². The molecule has 0 fully saturated rings. The van der Waals surface area contributed by atoms with E-state index in [2.05, 4.69) is 15.9 Å². The van der Waals surface area contributed by atoms with Gasteiger partial charge in [-0.15, -0.1) is 0 Å². The number of hydrogen-bond acceptors (Lipinski definition) is 3. The molecule has 23 heavy (non-hydrogen) atoms. The molecule has 0 aliphatic rings. The fourth-order valence-electron chi connectivity index (χ4n) is 2.07. The second-order valence-electron chi connectivity index (χ2n) is 4.64. The maximum absolute atomic E-state index is 13.6. The molecule has 0 aliphatic carbocycles. The molecule has 2 rings (SSSR count). The van der Waals surface area contributed by atoms with Crippen LogP contribution in [-0.2, 0) is 0 Å². The molecule has 2 aromatic carbocycles. The average Bonchev–Trinajstić information content (AvgIpc) is 2.53. The number of carbonyl (C=O) groups is 1. The van der Waals surface area contributed by atoms with Gasteiger partial charge >= 0.3 is 0 Å². The molecule has 0 aromatic heterocycles. The molecule has 0 heterocycles. The summed E-state index contributed by atoms with van der Waals surface area (Å²) in [5, 5.41) is 0. The number of ketones is 1. The molecule has 0 N–H and O–H groups in total. The summed E-state index contributed by atoms with van der Waals surface area (Å²) < 4.78 is 25.1. The van der Waals surface area contributed by atoms with Gasteiger partial charge in [0.1, 0.15) is 5.82 Å². The van der Waals surface area contributed by atoms with Gasteiger partial charge in [-0.1, -0.05) is 18.2 Å². The Morgan fingerprint density at radius 1 is 1.30 bits per heavy atom. The Labute approximate surface area is 142 Å². The number of hydrogen-bond donors (Lipinski definition) is 0. The number of rotatable bonds is 6. The summed E-state index contributed by atoms with van der Waals surface area (Å²) in [7, 11) is 1.56. The van der Waals surface area contributed by atoms with E-state index in [0.29, 0.717) is 22.6 Å².